The van der Waals surface area contributed by atoms with Crippen molar-refractivity contribution in [3.05, 3.63) is 39.7 Å². The van der Waals surface area contributed by atoms with Crippen LogP contribution in [0.3, 0.4) is 0 Å². The monoisotopic (exact) mass is 339 g/mol. The lowest BCUT2D eigenvalue weighted by Gasteiger charge is -2.01. The molecule has 8 heteroatoms. The number of hydrogen-bond acceptors (Lipinski definition) is 5. The Morgan fingerprint density at radius 2 is 2.05 bits per heavy atom. The van der Waals surface area contributed by atoms with E-state index in [1.807, 2.05) is 12.1 Å². The molecule has 1 atom stereocenters. The normalized spacial score (nSPS) is 12.0. The van der Waals surface area contributed by atoms with E-state index in [0.717, 1.165) is 5.56 Å². The average molecular weight is 341 g/mol. The molecular weight excluding hydrogens is 329 g/mol. The van der Waals surface area contributed by atoms with Gasteiger partial charge in [-0.15, -0.1) is 22.6 Å². The molecule has 0 saturated heterocycles. The molecule has 1 unspecified atom stereocenters. The summed E-state index contributed by atoms with van der Waals surface area (Å²) in [5.41, 5.74) is 6.67. The first-order valence-corrected chi connectivity index (χ1v) is 6.96. The lowest BCUT2D eigenvalue weighted by Crippen LogP contribution is -2.04. The minimum atomic E-state index is -0.253. The number of aromatic nitrogens is 2. The molecule has 1 aromatic carbocycles. The molecule has 0 spiro atoms. The number of nitrogens with two attached hydrogens (primary N) is 1. The molecule has 0 amide bonds. The highest BCUT2D eigenvalue weighted by atomic mass is 35.5. The molecule has 0 aliphatic carbocycles. The van der Waals surface area contributed by atoms with Crippen LogP contribution in [0.2, 0.25) is 10.0 Å². The molecule has 0 fully saturated rings. The summed E-state index contributed by atoms with van der Waals surface area (Å²) in [6.45, 7) is 1.79. The van der Waals surface area contributed by atoms with Crippen molar-refractivity contribution in [2.24, 2.45) is 5.73 Å². The maximum Gasteiger partial charge on any atom is 0.276 e. The fourth-order valence-electron chi connectivity index (χ4n) is 1.24. The van der Waals surface area contributed by atoms with Crippen LogP contribution in [-0.2, 0) is 5.75 Å². The van der Waals surface area contributed by atoms with Gasteiger partial charge in [-0.25, -0.2) is 0 Å². The van der Waals surface area contributed by atoms with E-state index in [9.17, 15) is 0 Å². The standard InChI is InChI=1S/C11H11Cl2N3OS.ClH/c1-6(14)10-15-16-11(17-10)18-5-7-2-3-8(12)9(13)4-7;/h2-4,6H,5,14H2,1H3;1H. The highest BCUT2D eigenvalue weighted by Gasteiger charge is 2.10. The molecule has 2 aromatic rings. The number of benzene rings is 1. The molecule has 0 aliphatic rings. The number of thioether (sulfide) groups is 1. The predicted molar refractivity (Wildman–Crippen MR) is 80.2 cm³/mol. The van der Waals surface area contributed by atoms with Crippen molar-refractivity contribution >= 4 is 47.4 Å². The maximum absolute atomic E-state index is 5.93. The Hall–Kier alpha value is -0.460. The molecule has 4 nitrogen and oxygen atoms in total. The molecule has 2 rings (SSSR count). The van der Waals surface area contributed by atoms with Gasteiger partial charge in [0.15, 0.2) is 0 Å². The van der Waals surface area contributed by atoms with Crippen LogP contribution >= 0.6 is 47.4 Å². The lowest BCUT2D eigenvalue weighted by atomic mass is 10.2. The van der Waals surface area contributed by atoms with Gasteiger partial charge in [0, 0.05) is 5.75 Å². The molecule has 1 aromatic heterocycles. The van der Waals surface area contributed by atoms with Crippen LogP contribution < -0.4 is 5.73 Å². The summed E-state index contributed by atoms with van der Waals surface area (Å²) < 4.78 is 5.38. The minimum absolute atomic E-state index is 0. The van der Waals surface area contributed by atoms with Gasteiger partial charge in [-0.1, -0.05) is 41.0 Å². The van der Waals surface area contributed by atoms with E-state index in [1.165, 1.54) is 11.8 Å². The molecule has 1 heterocycles. The van der Waals surface area contributed by atoms with E-state index < -0.39 is 0 Å². The van der Waals surface area contributed by atoms with Crippen LogP contribution in [-0.4, -0.2) is 10.2 Å². The average Bonchev–Trinajstić information content (AvgIpc) is 2.79. The molecule has 19 heavy (non-hydrogen) atoms. The third kappa shape index (κ3) is 4.54. The number of rotatable bonds is 4. The largest absolute Gasteiger partial charge is 0.414 e. The van der Waals surface area contributed by atoms with E-state index in [0.29, 0.717) is 26.9 Å². The Bertz CT molecular complexity index is 548. The van der Waals surface area contributed by atoms with Gasteiger partial charge in [0.05, 0.1) is 16.1 Å². The zero-order chi connectivity index (χ0) is 13.1. The van der Waals surface area contributed by atoms with Crippen LogP contribution in [0.4, 0.5) is 0 Å². The van der Waals surface area contributed by atoms with E-state index in [4.69, 9.17) is 33.4 Å². The lowest BCUT2D eigenvalue weighted by molar-refractivity contribution is 0.394. The Morgan fingerprint density at radius 1 is 1.32 bits per heavy atom. The topological polar surface area (TPSA) is 64.9 Å². The molecular formula is C11H12Cl3N3OS. The third-order valence-corrected chi connectivity index (χ3v) is 3.79. The summed E-state index contributed by atoms with van der Waals surface area (Å²) in [6, 6.07) is 5.24. The number of hydrogen-bond donors (Lipinski definition) is 1. The Morgan fingerprint density at radius 3 is 2.63 bits per heavy atom. The summed E-state index contributed by atoms with van der Waals surface area (Å²) in [7, 11) is 0. The quantitative estimate of drug-likeness (QED) is 0.848. The summed E-state index contributed by atoms with van der Waals surface area (Å²) in [5.74, 6) is 1.11. The second kappa shape index (κ2) is 7.36. The van der Waals surface area contributed by atoms with Gasteiger partial charge in [-0.3, -0.25) is 0 Å². The van der Waals surface area contributed by atoms with Gasteiger partial charge in [0.25, 0.3) is 5.22 Å². The minimum Gasteiger partial charge on any atom is -0.414 e. The van der Waals surface area contributed by atoms with Gasteiger partial charge in [-0.2, -0.15) is 0 Å². The molecule has 0 aliphatic heterocycles. The molecule has 0 saturated carbocycles. The molecule has 0 bridgehead atoms. The van der Waals surface area contributed by atoms with Gasteiger partial charge in [0.2, 0.25) is 5.89 Å². The van der Waals surface area contributed by atoms with Crippen molar-refractivity contribution in [3.63, 3.8) is 0 Å². The van der Waals surface area contributed by atoms with Gasteiger partial charge in [-0.05, 0) is 24.6 Å². The highest BCUT2D eigenvalue weighted by Crippen LogP contribution is 2.27. The smallest absolute Gasteiger partial charge is 0.276 e. The van der Waals surface area contributed by atoms with Crippen LogP contribution in [0.15, 0.2) is 27.8 Å². The third-order valence-electron chi connectivity index (χ3n) is 2.16. The van der Waals surface area contributed by atoms with E-state index in [2.05, 4.69) is 10.2 Å². The Balaban J connectivity index is 0.00000180. The first kappa shape index (κ1) is 16.6. The summed E-state index contributed by atoms with van der Waals surface area (Å²) in [4.78, 5) is 0. The first-order chi connectivity index (χ1) is 8.56. The van der Waals surface area contributed by atoms with Crippen molar-refractivity contribution in [2.75, 3.05) is 0 Å². The van der Waals surface area contributed by atoms with Gasteiger partial charge < -0.3 is 10.2 Å². The van der Waals surface area contributed by atoms with Crippen molar-refractivity contribution in [1.29, 1.82) is 0 Å². The summed E-state index contributed by atoms with van der Waals surface area (Å²) in [5, 5.41) is 9.33. The maximum atomic E-state index is 5.93. The van der Waals surface area contributed by atoms with Crippen molar-refractivity contribution in [1.82, 2.24) is 10.2 Å². The second-order valence-corrected chi connectivity index (χ2v) is 5.47. The molecule has 2 N–H and O–H groups in total. The number of nitrogens with zero attached hydrogens (tertiary/aromatic N) is 2. The van der Waals surface area contributed by atoms with Crippen LogP contribution in [0.5, 0.6) is 0 Å². The van der Waals surface area contributed by atoms with E-state index in [-0.39, 0.29) is 18.4 Å². The SMILES string of the molecule is CC(N)c1nnc(SCc2ccc(Cl)c(Cl)c2)o1.Cl. The summed E-state index contributed by atoms with van der Waals surface area (Å²) >= 11 is 13.2. The van der Waals surface area contributed by atoms with Crippen molar-refractivity contribution in [2.45, 2.75) is 23.9 Å². The first-order valence-electron chi connectivity index (χ1n) is 5.22. The van der Waals surface area contributed by atoms with E-state index in [1.54, 1.807) is 13.0 Å². The zero-order valence-electron chi connectivity index (χ0n) is 9.97. The van der Waals surface area contributed by atoms with Gasteiger partial charge in [0.1, 0.15) is 0 Å². The zero-order valence-corrected chi connectivity index (χ0v) is 13.1. The summed E-state index contributed by atoms with van der Waals surface area (Å²) in [6.07, 6.45) is 0. The Labute approximate surface area is 131 Å². The van der Waals surface area contributed by atoms with Crippen LogP contribution in [0, 0.1) is 0 Å². The van der Waals surface area contributed by atoms with Crippen LogP contribution in [0.25, 0.3) is 0 Å². The van der Waals surface area contributed by atoms with E-state index >= 15 is 0 Å². The molecule has 104 valence electrons. The second-order valence-electron chi connectivity index (χ2n) is 3.73. The van der Waals surface area contributed by atoms with Gasteiger partial charge >= 0.3 is 0 Å². The fourth-order valence-corrected chi connectivity index (χ4v) is 2.27. The number of halogens is 3. The predicted octanol–water partition coefficient (Wildman–Crippen LogP) is 4.11. The highest BCUT2D eigenvalue weighted by molar-refractivity contribution is 7.98. The molecule has 0 radical (unpaired) electrons. The van der Waals surface area contributed by atoms with Crippen molar-refractivity contribution < 1.29 is 4.42 Å². The van der Waals surface area contributed by atoms with Crippen molar-refractivity contribution in [3.8, 4) is 0 Å². The van der Waals surface area contributed by atoms with Crippen LogP contribution in [0.1, 0.15) is 24.4 Å². The fraction of sp³-hybridized carbons (Fsp3) is 0.273. The Kier molecular flexibility index (Phi) is 6.42.